The van der Waals surface area contributed by atoms with Crippen molar-refractivity contribution in [2.24, 2.45) is 11.3 Å². The van der Waals surface area contributed by atoms with Gasteiger partial charge < -0.3 is 15.3 Å². The van der Waals surface area contributed by atoms with Gasteiger partial charge in [0.05, 0.1) is 24.7 Å². The molecule has 2 aliphatic rings. The topological polar surface area (TPSA) is 90.0 Å². The summed E-state index contributed by atoms with van der Waals surface area (Å²) in [5.74, 6) is -0.603. The van der Waals surface area contributed by atoms with Gasteiger partial charge in [0.2, 0.25) is 0 Å². The maximum atomic E-state index is 13.9. The predicted molar refractivity (Wildman–Crippen MR) is 148 cm³/mol. The van der Waals surface area contributed by atoms with E-state index in [0.717, 1.165) is 41.4 Å². The summed E-state index contributed by atoms with van der Waals surface area (Å²) in [5.41, 5.74) is 2.58. The monoisotopic (exact) mass is 569 g/mol. The molecule has 1 unspecified atom stereocenters. The number of carboxylic acid groups (broad SMARTS) is 1. The molecule has 37 heavy (non-hydrogen) atoms. The Morgan fingerprint density at radius 1 is 1.03 bits per heavy atom. The molecule has 2 fully saturated rings. The lowest BCUT2D eigenvalue weighted by Gasteiger charge is -2.41. The van der Waals surface area contributed by atoms with E-state index in [2.05, 4.69) is 46.9 Å². The van der Waals surface area contributed by atoms with Gasteiger partial charge in [-0.15, -0.1) is 0 Å². The first-order chi connectivity index (χ1) is 17.6. The predicted octanol–water partition coefficient (Wildman–Crippen LogP) is 6.24. The second-order valence-corrected chi connectivity index (χ2v) is 12.0. The highest BCUT2D eigenvalue weighted by atomic mass is 79.9. The molecule has 1 saturated carbocycles. The van der Waals surface area contributed by atoms with Crippen LogP contribution in [-0.4, -0.2) is 47.0 Å². The molecular weight excluding hydrogens is 534 g/mol. The second kappa shape index (κ2) is 11.3. The second-order valence-electron chi connectivity index (χ2n) is 11.2. The lowest BCUT2D eigenvalue weighted by molar-refractivity contribution is -0.136. The molecule has 8 heteroatoms. The number of carboxylic acids is 1. The molecular formula is C29H36BrN3O4. The summed E-state index contributed by atoms with van der Waals surface area (Å²) in [7, 11) is 0. The number of halogens is 1. The molecule has 198 valence electrons. The quantitative estimate of drug-likeness (QED) is 0.412. The van der Waals surface area contributed by atoms with Crippen LogP contribution in [0, 0.1) is 11.3 Å². The van der Waals surface area contributed by atoms with Gasteiger partial charge in [-0.3, -0.25) is 14.5 Å². The Hall–Kier alpha value is -2.87. The molecule has 1 aliphatic carbocycles. The van der Waals surface area contributed by atoms with Crippen LogP contribution >= 0.6 is 15.9 Å². The SMILES string of the molecule is CC(C)(C)C1CCC(N2C(=O)N(c3ccccc3Br)CC2c2ccc(C(=O)NCCC(=O)O)cc2)CC1. The van der Waals surface area contributed by atoms with Gasteiger partial charge in [0.15, 0.2) is 0 Å². The first-order valence-electron chi connectivity index (χ1n) is 13.0. The van der Waals surface area contributed by atoms with Crippen molar-refractivity contribution in [1.29, 1.82) is 0 Å². The van der Waals surface area contributed by atoms with Crippen LogP contribution < -0.4 is 10.2 Å². The van der Waals surface area contributed by atoms with E-state index in [4.69, 9.17) is 5.11 Å². The van der Waals surface area contributed by atoms with Crippen molar-refractivity contribution in [3.63, 3.8) is 0 Å². The highest BCUT2D eigenvalue weighted by molar-refractivity contribution is 9.10. The summed E-state index contributed by atoms with van der Waals surface area (Å²) in [5, 5.41) is 11.4. The molecule has 1 heterocycles. The van der Waals surface area contributed by atoms with E-state index in [0.29, 0.717) is 18.0 Å². The minimum absolute atomic E-state index is 0.0200. The number of hydrogen-bond donors (Lipinski definition) is 2. The van der Waals surface area contributed by atoms with Crippen LogP contribution in [0.5, 0.6) is 0 Å². The lowest BCUT2D eigenvalue weighted by atomic mass is 9.71. The van der Waals surface area contributed by atoms with Crippen LogP contribution in [0.1, 0.15) is 74.8 Å². The first-order valence-corrected chi connectivity index (χ1v) is 13.8. The van der Waals surface area contributed by atoms with Crippen molar-refractivity contribution >= 4 is 39.5 Å². The Labute approximate surface area is 227 Å². The Morgan fingerprint density at radius 2 is 1.68 bits per heavy atom. The molecule has 7 nitrogen and oxygen atoms in total. The van der Waals surface area contributed by atoms with E-state index < -0.39 is 5.97 Å². The van der Waals surface area contributed by atoms with Gasteiger partial charge in [0.1, 0.15) is 0 Å². The number of carbonyl (C=O) groups is 3. The number of urea groups is 1. The van der Waals surface area contributed by atoms with E-state index >= 15 is 0 Å². The number of hydrogen-bond acceptors (Lipinski definition) is 3. The number of anilines is 1. The molecule has 0 spiro atoms. The minimum Gasteiger partial charge on any atom is -0.481 e. The molecule has 4 rings (SSSR count). The van der Waals surface area contributed by atoms with Gasteiger partial charge >= 0.3 is 12.0 Å². The number of para-hydroxylation sites is 1. The first kappa shape index (κ1) is 27.2. The zero-order valence-electron chi connectivity index (χ0n) is 21.7. The molecule has 1 aliphatic heterocycles. The van der Waals surface area contributed by atoms with Crippen LogP contribution in [0.25, 0.3) is 0 Å². The number of nitrogens with zero attached hydrogens (tertiary/aromatic N) is 2. The van der Waals surface area contributed by atoms with Crippen molar-refractivity contribution in [3.05, 3.63) is 64.1 Å². The Balaban J connectivity index is 1.57. The van der Waals surface area contributed by atoms with Gasteiger partial charge in [-0.05, 0) is 82.8 Å². The molecule has 1 saturated heterocycles. The van der Waals surface area contributed by atoms with Crippen LogP contribution in [-0.2, 0) is 4.79 Å². The average Bonchev–Trinajstić information content (AvgIpc) is 3.20. The van der Waals surface area contributed by atoms with E-state index in [-0.39, 0.29) is 42.4 Å². The fourth-order valence-electron chi connectivity index (χ4n) is 5.62. The number of benzene rings is 2. The lowest BCUT2D eigenvalue weighted by Crippen LogP contribution is -2.43. The fourth-order valence-corrected chi connectivity index (χ4v) is 6.12. The maximum Gasteiger partial charge on any atom is 0.325 e. The van der Waals surface area contributed by atoms with E-state index in [9.17, 15) is 14.4 Å². The van der Waals surface area contributed by atoms with Crippen molar-refractivity contribution in [2.45, 2.75) is 65.0 Å². The highest BCUT2D eigenvalue weighted by Crippen LogP contribution is 2.44. The third-order valence-electron chi connectivity index (χ3n) is 7.78. The zero-order chi connectivity index (χ0) is 26.7. The molecule has 0 bridgehead atoms. The van der Waals surface area contributed by atoms with E-state index in [1.54, 1.807) is 12.1 Å². The summed E-state index contributed by atoms with van der Waals surface area (Å²) in [4.78, 5) is 41.0. The summed E-state index contributed by atoms with van der Waals surface area (Å²) in [6, 6.07) is 15.2. The molecule has 0 aromatic heterocycles. The Morgan fingerprint density at radius 3 is 2.27 bits per heavy atom. The Bertz CT molecular complexity index is 1140. The molecule has 2 aromatic carbocycles. The third-order valence-corrected chi connectivity index (χ3v) is 8.45. The number of aliphatic carboxylic acids is 1. The fraction of sp³-hybridized carbons (Fsp3) is 0.483. The number of rotatable bonds is 7. The van der Waals surface area contributed by atoms with Gasteiger partial charge in [-0.1, -0.05) is 45.0 Å². The number of carbonyl (C=O) groups excluding carboxylic acids is 2. The largest absolute Gasteiger partial charge is 0.481 e. The molecule has 0 radical (unpaired) electrons. The number of amides is 3. The average molecular weight is 571 g/mol. The minimum atomic E-state index is -0.951. The van der Waals surface area contributed by atoms with Gasteiger partial charge in [-0.25, -0.2) is 4.79 Å². The van der Waals surface area contributed by atoms with Crippen LogP contribution in [0.3, 0.4) is 0 Å². The van der Waals surface area contributed by atoms with Crippen LogP contribution in [0.4, 0.5) is 10.5 Å². The normalized spacial score (nSPS) is 22.3. The number of nitrogens with one attached hydrogen (secondary N) is 1. The summed E-state index contributed by atoms with van der Waals surface area (Å²) < 4.78 is 0.883. The van der Waals surface area contributed by atoms with E-state index in [1.807, 2.05) is 41.3 Å². The van der Waals surface area contributed by atoms with Crippen molar-refractivity contribution in [3.8, 4) is 0 Å². The standard InChI is InChI=1S/C29H36BrN3O4/c1-29(2,3)21-12-14-22(15-13-21)33-25(18-32(28(33)37)24-7-5-4-6-23(24)30)19-8-10-20(11-9-19)27(36)31-17-16-26(34)35/h4-11,21-22,25H,12-18H2,1-3H3,(H,31,36)(H,34,35). The smallest absolute Gasteiger partial charge is 0.325 e. The van der Waals surface area contributed by atoms with Crippen molar-refractivity contribution < 1.29 is 19.5 Å². The van der Waals surface area contributed by atoms with Crippen LogP contribution in [0.15, 0.2) is 53.0 Å². The zero-order valence-corrected chi connectivity index (χ0v) is 23.3. The van der Waals surface area contributed by atoms with Gasteiger partial charge in [0, 0.05) is 22.6 Å². The summed E-state index contributed by atoms with van der Waals surface area (Å²) in [6.45, 7) is 7.52. The molecule has 2 N–H and O–H groups in total. The van der Waals surface area contributed by atoms with Crippen molar-refractivity contribution in [2.75, 3.05) is 18.0 Å². The molecule has 2 aromatic rings. The van der Waals surface area contributed by atoms with Gasteiger partial charge in [-0.2, -0.15) is 0 Å². The maximum absolute atomic E-state index is 13.9. The molecule has 3 amide bonds. The van der Waals surface area contributed by atoms with Gasteiger partial charge in [0.25, 0.3) is 5.91 Å². The Kier molecular flexibility index (Phi) is 8.26. The third kappa shape index (κ3) is 6.17. The molecule has 1 atom stereocenters. The van der Waals surface area contributed by atoms with Crippen molar-refractivity contribution in [1.82, 2.24) is 10.2 Å². The summed E-state index contributed by atoms with van der Waals surface area (Å²) in [6.07, 6.45) is 4.06. The van der Waals surface area contributed by atoms with Crippen LogP contribution in [0.2, 0.25) is 0 Å². The summed E-state index contributed by atoms with van der Waals surface area (Å²) >= 11 is 3.62. The highest BCUT2D eigenvalue weighted by Gasteiger charge is 2.44. The van der Waals surface area contributed by atoms with E-state index in [1.165, 1.54) is 0 Å².